The number of carbonyl (C=O) groups is 5. The highest BCUT2D eigenvalue weighted by molar-refractivity contribution is 6.10. The first-order valence-corrected chi connectivity index (χ1v) is 46.1. The summed E-state index contributed by atoms with van der Waals surface area (Å²) in [6, 6.07) is 58.6. The van der Waals surface area contributed by atoms with E-state index in [0.29, 0.717) is 145 Å². The molecule has 756 valence electrons. The molecular formula is C111H107F5N16O15. The number of aliphatic hydroxyl groups excluding tert-OH is 4. The van der Waals surface area contributed by atoms with E-state index in [1.54, 1.807) is 190 Å². The van der Waals surface area contributed by atoms with Crippen LogP contribution in [0.4, 0.5) is 22.0 Å². The van der Waals surface area contributed by atoms with Gasteiger partial charge >= 0.3 is 0 Å². The normalized spacial score (nSPS) is 12.1. The lowest BCUT2D eigenvalue weighted by Gasteiger charge is -2.20. The van der Waals surface area contributed by atoms with E-state index in [-0.39, 0.29) is 104 Å². The molecule has 147 heavy (non-hydrogen) atoms. The van der Waals surface area contributed by atoms with Crippen molar-refractivity contribution >= 4 is 145 Å². The monoisotopic (exact) mass is 2000 g/mol. The summed E-state index contributed by atoms with van der Waals surface area (Å²) in [4.78, 5) is 67.8. The number of H-pyrrole nitrogens is 5. The molecule has 0 saturated carbocycles. The van der Waals surface area contributed by atoms with Gasteiger partial charge in [0, 0.05) is 25.5 Å². The quantitative estimate of drug-likeness (QED) is 0.0170. The Bertz CT molecular complexity index is 7360. The minimum absolute atomic E-state index is 0.0850. The van der Waals surface area contributed by atoms with Crippen LogP contribution in [0.2, 0.25) is 0 Å². The first-order chi connectivity index (χ1) is 71.1. The van der Waals surface area contributed by atoms with E-state index < -0.39 is 23.6 Å². The third kappa shape index (κ3) is 27.5. The van der Waals surface area contributed by atoms with Crippen LogP contribution in [0.1, 0.15) is 159 Å². The number of hydrogen-bond acceptors (Lipinski definition) is 21. The topological polar surface area (TPSA) is 449 Å². The third-order valence-corrected chi connectivity index (χ3v) is 23.0. The molecule has 0 fully saturated rings. The smallest absolute Gasteiger partial charge is 0.255 e. The lowest BCUT2D eigenvalue weighted by Crippen LogP contribution is -2.41. The minimum Gasteiger partial charge on any atom is -0.495 e. The Morgan fingerprint density at radius 2 is 0.612 bits per heavy atom. The molecule has 6 aromatic heterocycles. The molecule has 5 amide bonds. The van der Waals surface area contributed by atoms with Crippen molar-refractivity contribution in [3.8, 4) is 28.7 Å². The van der Waals surface area contributed by atoms with E-state index in [0.717, 1.165) is 33.4 Å². The molecule has 0 aliphatic heterocycles. The average Bonchev–Trinajstić information content (AvgIpc) is 1.65. The molecule has 0 aliphatic carbocycles. The summed E-state index contributed by atoms with van der Waals surface area (Å²) in [5.74, 6) is -1.30. The van der Waals surface area contributed by atoms with Crippen LogP contribution in [-0.2, 0) is 0 Å². The van der Waals surface area contributed by atoms with Crippen molar-refractivity contribution in [2.24, 2.45) is 5.92 Å². The molecule has 0 spiro atoms. The van der Waals surface area contributed by atoms with Crippen molar-refractivity contribution in [2.45, 2.75) is 51.4 Å². The zero-order valence-corrected chi connectivity index (χ0v) is 81.2. The van der Waals surface area contributed by atoms with Gasteiger partial charge in [-0.1, -0.05) is 141 Å². The van der Waals surface area contributed by atoms with E-state index >= 15 is 0 Å². The van der Waals surface area contributed by atoms with Crippen LogP contribution in [0.25, 0.3) is 115 Å². The highest BCUT2D eigenvalue weighted by Crippen LogP contribution is 2.39. The number of methoxy groups -OCH3 is 5. The molecule has 17 rings (SSSR count). The maximum absolute atomic E-state index is 13.1. The highest BCUT2D eigenvalue weighted by Gasteiger charge is 2.29. The maximum atomic E-state index is 13.1. The number of aromatic amines is 5. The molecule has 11 aromatic carbocycles. The van der Waals surface area contributed by atoms with Gasteiger partial charge in [-0.2, -0.15) is 25.5 Å². The number of pyridine rings is 1. The van der Waals surface area contributed by atoms with Gasteiger partial charge in [0.2, 0.25) is 0 Å². The third-order valence-electron chi connectivity index (χ3n) is 23.0. The largest absolute Gasteiger partial charge is 0.495 e. The number of halogens is 5. The second kappa shape index (κ2) is 50.9. The molecule has 17 aromatic rings. The molecule has 0 aliphatic rings. The highest BCUT2D eigenvalue weighted by atomic mass is 19.1. The van der Waals surface area contributed by atoms with Crippen molar-refractivity contribution in [3.05, 3.63) is 361 Å². The lowest BCUT2D eigenvalue weighted by molar-refractivity contribution is 0.0693. The molecule has 6 heterocycles. The van der Waals surface area contributed by atoms with Gasteiger partial charge in [-0.25, -0.2) is 22.0 Å². The second-order valence-electron chi connectivity index (χ2n) is 33.9. The number of ether oxygens (including phenoxy) is 5. The minimum atomic E-state index is -1.02. The SMILES string of the molecule is COc1c(C(=O)NC(CO)c2cccnc2)ccc2n[nH]c(/C=C/c3ccc(F)cc3)c12.COc1c(C(=O)NCC(C)(C)O)ccc2n[nH]c(/C=C/c3ccc(F)cc3)c12.COc1c(C(=O)NCCO)ccc2n[nH]c(/C=C/c3ccc(F)cc3)c12.COc1c(C(=O)N[C@@H](CO)C(C)C)ccc2n[nH]c(/C=C/c3ccc(F)cc3)c12.COc1c(C(=O)N[C@@H](CO)c2ccccc2)ccc2n[nH]c(/C=C/c3ccc(F)cc3)c12. The molecule has 15 N–H and O–H groups in total. The first-order valence-electron chi connectivity index (χ1n) is 46.1. The predicted molar refractivity (Wildman–Crippen MR) is 556 cm³/mol. The van der Waals surface area contributed by atoms with Crippen molar-refractivity contribution in [1.82, 2.24) is 82.6 Å². The molecular weight excluding hydrogens is 1890 g/mol. The van der Waals surface area contributed by atoms with Crippen LogP contribution in [0.15, 0.2) is 237 Å². The van der Waals surface area contributed by atoms with Gasteiger partial charge in [0.1, 0.15) is 57.8 Å². The fourth-order valence-corrected chi connectivity index (χ4v) is 15.4. The summed E-state index contributed by atoms with van der Waals surface area (Å²) in [7, 11) is 7.45. The summed E-state index contributed by atoms with van der Waals surface area (Å²) in [5, 5.41) is 101. The second-order valence-corrected chi connectivity index (χ2v) is 33.9. The summed E-state index contributed by atoms with van der Waals surface area (Å²) < 4.78 is 93.1. The Balaban J connectivity index is 0.000000154. The Kier molecular flexibility index (Phi) is 36.9. The maximum Gasteiger partial charge on any atom is 0.255 e. The van der Waals surface area contributed by atoms with Crippen LogP contribution in [-0.4, -0.2) is 198 Å². The zero-order valence-electron chi connectivity index (χ0n) is 81.2. The lowest BCUT2D eigenvalue weighted by atomic mass is 10.0. The number of amides is 5. The Labute approximate surface area is 840 Å². The number of carbonyl (C=O) groups excluding carboxylic acids is 5. The number of nitrogens with zero attached hydrogens (tertiary/aromatic N) is 6. The number of hydrogen-bond donors (Lipinski definition) is 15. The summed E-state index contributed by atoms with van der Waals surface area (Å²) >= 11 is 0. The molecule has 3 atom stereocenters. The van der Waals surface area contributed by atoms with Gasteiger partial charge in [-0.15, -0.1) is 0 Å². The van der Waals surface area contributed by atoms with Gasteiger partial charge in [0.25, 0.3) is 29.5 Å². The van der Waals surface area contributed by atoms with Gasteiger partial charge in [-0.3, -0.25) is 54.5 Å². The molecule has 0 radical (unpaired) electrons. The Hall–Kier alpha value is -17.6. The number of fused-ring (bicyclic) bond motifs is 5. The summed E-state index contributed by atoms with van der Waals surface area (Å²) in [6.45, 7) is 6.53. The van der Waals surface area contributed by atoms with Crippen LogP contribution in [0.5, 0.6) is 28.7 Å². The van der Waals surface area contributed by atoms with Crippen LogP contribution in [0.3, 0.4) is 0 Å². The van der Waals surface area contributed by atoms with Gasteiger partial charge in [0.05, 0.1) is 197 Å². The number of aromatic nitrogens is 11. The van der Waals surface area contributed by atoms with Gasteiger partial charge in [-0.05, 0) is 216 Å². The van der Waals surface area contributed by atoms with Crippen molar-refractivity contribution in [3.63, 3.8) is 0 Å². The summed E-state index contributed by atoms with van der Waals surface area (Å²) in [5.41, 5.74) is 12.7. The van der Waals surface area contributed by atoms with Crippen molar-refractivity contribution in [1.29, 1.82) is 0 Å². The van der Waals surface area contributed by atoms with E-state index in [9.17, 15) is 66.4 Å². The van der Waals surface area contributed by atoms with Crippen LogP contribution >= 0.6 is 0 Å². The van der Waals surface area contributed by atoms with Gasteiger partial charge in [0.15, 0.2) is 0 Å². The molecule has 0 bridgehead atoms. The van der Waals surface area contributed by atoms with Crippen molar-refractivity contribution < 1.29 is 95.1 Å². The number of aliphatic hydroxyl groups is 5. The van der Waals surface area contributed by atoms with E-state index in [4.69, 9.17) is 28.8 Å². The predicted octanol–water partition coefficient (Wildman–Crippen LogP) is 17.7. The average molecular weight is 2000 g/mol. The van der Waals surface area contributed by atoms with Crippen LogP contribution < -0.4 is 50.3 Å². The van der Waals surface area contributed by atoms with Crippen molar-refractivity contribution in [2.75, 3.05) is 75.1 Å². The van der Waals surface area contributed by atoms with E-state index in [2.05, 4.69) is 82.6 Å². The molecule has 31 nitrogen and oxygen atoms in total. The van der Waals surface area contributed by atoms with E-state index in [1.807, 2.05) is 74.6 Å². The number of nitrogens with one attached hydrogen (secondary N) is 10. The fraction of sp³-hybridized carbons (Fsp3) is 0.180. The fourth-order valence-electron chi connectivity index (χ4n) is 15.4. The standard InChI is InChI=1S/C25H22FN3O3.C24H21FN4O3.C22H24FN3O3.C21H22FN3O3.C19H18FN3O3/c1-32-24-19(25(31)27-22(15-30)17-5-3-2-4-6-17)12-14-21-23(24)20(28-29-21)13-9-16-7-10-18(26)11-8-16;1-32-23-18(24(31)27-21(14-30)16-3-2-12-26-13-16)9-11-20-22(23)19(28-29-20)10-6-15-4-7-17(25)8-5-15;1-13(2)19(12-27)24-22(28)16-9-11-18-20(21(16)29-3)17(25-26-18)10-6-14-4-7-15(23)8-5-14;1-21(2,27)12-23-20(26)15-9-11-17-18(19(15)28-3)16(24-25-17)10-6-13-4-7-14(22)8-5-13;1-26-18-14(19(25)21-10-11-24)7-9-16-17(18)15(22-23-16)8-4-12-2-5-13(20)6-3-12/h2-14,22,30H,15H2,1H3,(H,27,31)(H,28,29);2-13,21,30H,14H2,1H3,(H,27,31)(H,28,29);4-11,13,19,27H,12H2,1-3H3,(H,24,28)(H,25,26);4-11,27H,12H2,1-3H3,(H,23,26)(H,24,25);2-9,24H,10-11H2,1H3,(H,21,25)(H,22,23)/b13-9+;3*10-6+;8-4+/t22-;;19-;;/m0.0../s1. The first kappa shape index (κ1) is 107. The number of benzene rings is 11. The Morgan fingerprint density at radius 1 is 0.340 bits per heavy atom. The summed E-state index contributed by atoms with van der Waals surface area (Å²) in [6.07, 6.45) is 21.3. The van der Waals surface area contributed by atoms with Gasteiger partial charge < -0.3 is 75.8 Å². The van der Waals surface area contributed by atoms with Crippen LogP contribution in [0, 0.1) is 35.0 Å². The zero-order chi connectivity index (χ0) is 105. The molecule has 0 saturated heterocycles. The Morgan fingerprint density at radius 3 is 0.864 bits per heavy atom. The molecule has 1 unspecified atom stereocenters. The molecule has 36 heteroatoms. The van der Waals surface area contributed by atoms with E-state index in [1.165, 1.54) is 96.2 Å². The number of rotatable bonds is 33.